The van der Waals surface area contributed by atoms with E-state index in [-0.39, 0.29) is 11.0 Å². The van der Waals surface area contributed by atoms with E-state index in [4.69, 9.17) is 17.0 Å². The van der Waals surface area contributed by atoms with Crippen LogP contribution in [0.2, 0.25) is 0 Å². The summed E-state index contributed by atoms with van der Waals surface area (Å²) in [5, 5.41) is 19.0. The Hall–Kier alpha value is -3.37. The molecule has 8 nitrogen and oxygen atoms in total. The molecule has 146 valence electrons. The highest BCUT2D eigenvalue weighted by Crippen LogP contribution is 2.26. The number of fused-ring (bicyclic) bond motifs is 1. The number of benzene rings is 2. The normalized spacial score (nSPS) is 10.7. The van der Waals surface area contributed by atoms with E-state index in [2.05, 4.69) is 25.9 Å². The maximum Gasteiger partial charge on any atom is 0.257 e. The summed E-state index contributed by atoms with van der Waals surface area (Å²) in [7, 11) is 0. The van der Waals surface area contributed by atoms with Crippen LogP contribution in [0.3, 0.4) is 0 Å². The maximum atomic E-state index is 12.4. The zero-order valence-corrected chi connectivity index (χ0v) is 17.0. The van der Waals surface area contributed by atoms with Crippen molar-refractivity contribution in [1.29, 1.82) is 0 Å². The second-order valence-electron chi connectivity index (χ2n) is 5.92. The van der Waals surface area contributed by atoms with Crippen LogP contribution in [0, 0.1) is 0 Å². The summed E-state index contributed by atoms with van der Waals surface area (Å²) in [4.78, 5) is 13.2. The molecule has 10 heteroatoms. The second kappa shape index (κ2) is 8.33. The van der Waals surface area contributed by atoms with Crippen molar-refractivity contribution in [3.05, 3.63) is 60.4 Å². The molecule has 0 fully saturated rings. The fraction of sp³-hybridized carbons (Fsp3) is 0.105. The molecule has 0 aliphatic rings. The molecule has 0 radical (unpaired) electrons. The predicted molar refractivity (Wildman–Crippen MR) is 115 cm³/mol. The smallest absolute Gasteiger partial charge is 0.257 e. The Morgan fingerprint density at radius 3 is 2.93 bits per heavy atom. The molecule has 0 saturated carbocycles. The molecule has 0 aliphatic heterocycles. The van der Waals surface area contributed by atoms with E-state index in [0.717, 1.165) is 21.2 Å². The first-order chi connectivity index (χ1) is 14.1. The van der Waals surface area contributed by atoms with Crippen LogP contribution in [-0.2, 0) is 0 Å². The zero-order chi connectivity index (χ0) is 20.2. The van der Waals surface area contributed by atoms with E-state index in [1.807, 2.05) is 31.2 Å². The molecular weight excluding hydrogens is 408 g/mol. The standard InChI is InChI=1S/C19H16N6O2S2/c1-2-27-15-8-4-5-12(10-15)16(26)22-18(28)21-14-7-3-6-13(9-14)17-24-25-11-20-23-19(25)29-17/h3-11H,2H2,1H3,(H2,21,22,26,28). The van der Waals surface area contributed by atoms with Gasteiger partial charge in [0, 0.05) is 16.8 Å². The molecule has 0 saturated heterocycles. The van der Waals surface area contributed by atoms with Crippen LogP contribution in [0.25, 0.3) is 15.5 Å². The van der Waals surface area contributed by atoms with Crippen LogP contribution < -0.4 is 15.4 Å². The summed E-state index contributed by atoms with van der Waals surface area (Å²) < 4.78 is 7.05. The average molecular weight is 425 g/mol. The Balaban J connectivity index is 1.44. The van der Waals surface area contributed by atoms with Gasteiger partial charge in [-0.25, -0.2) is 0 Å². The van der Waals surface area contributed by atoms with Gasteiger partial charge in [-0.05, 0) is 49.5 Å². The molecule has 29 heavy (non-hydrogen) atoms. The molecular formula is C19H16N6O2S2. The number of amides is 1. The van der Waals surface area contributed by atoms with E-state index in [0.29, 0.717) is 17.9 Å². The van der Waals surface area contributed by atoms with Crippen molar-refractivity contribution in [2.75, 3.05) is 11.9 Å². The van der Waals surface area contributed by atoms with Gasteiger partial charge in [0.1, 0.15) is 17.1 Å². The van der Waals surface area contributed by atoms with Crippen molar-refractivity contribution in [1.82, 2.24) is 25.1 Å². The third kappa shape index (κ3) is 4.39. The number of thiocarbonyl (C=S) groups is 1. The van der Waals surface area contributed by atoms with Crippen LogP contribution in [0.4, 0.5) is 5.69 Å². The Kier molecular flexibility index (Phi) is 5.45. The fourth-order valence-corrected chi connectivity index (χ4v) is 3.66. The molecule has 2 aromatic heterocycles. The summed E-state index contributed by atoms with van der Waals surface area (Å²) in [5.41, 5.74) is 2.11. The van der Waals surface area contributed by atoms with Gasteiger partial charge in [0.2, 0.25) is 4.96 Å². The summed E-state index contributed by atoms with van der Waals surface area (Å²) in [6.07, 6.45) is 1.56. The molecule has 4 aromatic rings. The van der Waals surface area contributed by atoms with Crippen LogP contribution in [0.15, 0.2) is 54.9 Å². The highest BCUT2D eigenvalue weighted by Gasteiger charge is 2.11. The van der Waals surface area contributed by atoms with E-state index in [1.165, 1.54) is 11.3 Å². The van der Waals surface area contributed by atoms with Gasteiger partial charge in [-0.15, -0.1) is 10.2 Å². The van der Waals surface area contributed by atoms with Gasteiger partial charge in [-0.3, -0.25) is 10.1 Å². The summed E-state index contributed by atoms with van der Waals surface area (Å²) in [6, 6.07) is 14.5. The lowest BCUT2D eigenvalue weighted by molar-refractivity contribution is 0.0977. The van der Waals surface area contributed by atoms with Crippen molar-refractivity contribution < 1.29 is 9.53 Å². The van der Waals surface area contributed by atoms with Crippen molar-refractivity contribution >= 4 is 45.2 Å². The molecule has 0 bridgehead atoms. The minimum atomic E-state index is -0.311. The average Bonchev–Trinajstić information content (AvgIpc) is 3.31. The first-order valence-electron chi connectivity index (χ1n) is 8.75. The number of carbonyl (C=O) groups excluding carboxylic acids is 1. The van der Waals surface area contributed by atoms with Gasteiger partial charge in [0.05, 0.1) is 6.61 Å². The molecule has 2 heterocycles. The topological polar surface area (TPSA) is 93.4 Å². The monoisotopic (exact) mass is 424 g/mol. The Bertz CT molecular complexity index is 1160. The van der Waals surface area contributed by atoms with Crippen LogP contribution >= 0.6 is 23.6 Å². The van der Waals surface area contributed by atoms with E-state index >= 15 is 0 Å². The second-order valence-corrected chi connectivity index (χ2v) is 7.28. The summed E-state index contributed by atoms with van der Waals surface area (Å²) in [5.74, 6) is 0.325. The highest BCUT2D eigenvalue weighted by molar-refractivity contribution is 7.80. The van der Waals surface area contributed by atoms with Gasteiger partial charge < -0.3 is 10.1 Å². The quantitative estimate of drug-likeness (QED) is 0.474. The third-order valence-corrected chi connectivity index (χ3v) is 5.05. The lowest BCUT2D eigenvalue weighted by atomic mass is 10.2. The number of carbonyl (C=O) groups is 1. The molecule has 1 amide bonds. The highest BCUT2D eigenvalue weighted by atomic mass is 32.1. The molecule has 4 rings (SSSR count). The third-order valence-electron chi connectivity index (χ3n) is 3.89. The Morgan fingerprint density at radius 1 is 1.24 bits per heavy atom. The van der Waals surface area contributed by atoms with Gasteiger partial charge in [0.15, 0.2) is 5.11 Å². The number of hydrogen-bond acceptors (Lipinski definition) is 7. The first-order valence-corrected chi connectivity index (χ1v) is 9.97. The molecule has 0 aliphatic carbocycles. The number of nitrogens with zero attached hydrogens (tertiary/aromatic N) is 4. The summed E-state index contributed by atoms with van der Waals surface area (Å²) in [6.45, 7) is 2.42. The number of nitrogens with one attached hydrogen (secondary N) is 2. The maximum absolute atomic E-state index is 12.4. The van der Waals surface area contributed by atoms with Crippen molar-refractivity contribution in [3.63, 3.8) is 0 Å². The predicted octanol–water partition coefficient (Wildman–Crippen LogP) is 3.38. The van der Waals surface area contributed by atoms with Gasteiger partial charge in [-0.2, -0.15) is 9.61 Å². The fourth-order valence-electron chi connectivity index (χ4n) is 2.64. The van der Waals surface area contributed by atoms with Gasteiger partial charge in [0.25, 0.3) is 5.91 Å². The summed E-state index contributed by atoms with van der Waals surface area (Å²) >= 11 is 6.72. The molecule has 2 N–H and O–H groups in total. The Morgan fingerprint density at radius 2 is 2.10 bits per heavy atom. The van der Waals surface area contributed by atoms with E-state index in [1.54, 1.807) is 35.1 Å². The number of aromatic nitrogens is 4. The number of hydrogen-bond donors (Lipinski definition) is 2. The van der Waals surface area contributed by atoms with Crippen molar-refractivity contribution in [3.8, 4) is 16.3 Å². The number of ether oxygens (including phenoxy) is 1. The van der Waals surface area contributed by atoms with Crippen LogP contribution in [-0.4, -0.2) is 37.4 Å². The lowest BCUT2D eigenvalue weighted by Gasteiger charge is -2.11. The largest absolute Gasteiger partial charge is 0.494 e. The zero-order valence-electron chi connectivity index (χ0n) is 15.3. The molecule has 0 unspecified atom stereocenters. The number of rotatable bonds is 5. The van der Waals surface area contributed by atoms with Crippen molar-refractivity contribution in [2.24, 2.45) is 0 Å². The van der Waals surface area contributed by atoms with E-state index < -0.39 is 0 Å². The first kappa shape index (κ1) is 19.0. The van der Waals surface area contributed by atoms with Crippen LogP contribution in [0.1, 0.15) is 17.3 Å². The Labute approximate surface area is 175 Å². The number of anilines is 1. The molecule has 0 atom stereocenters. The van der Waals surface area contributed by atoms with Gasteiger partial charge in [-0.1, -0.05) is 29.5 Å². The van der Waals surface area contributed by atoms with Crippen LogP contribution in [0.5, 0.6) is 5.75 Å². The van der Waals surface area contributed by atoms with Crippen molar-refractivity contribution in [2.45, 2.75) is 6.92 Å². The lowest BCUT2D eigenvalue weighted by Crippen LogP contribution is -2.34. The molecule has 0 spiro atoms. The SMILES string of the molecule is CCOc1cccc(C(=O)NC(=S)Nc2cccc(-c3nn4cnnc4s3)c2)c1. The van der Waals surface area contributed by atoms with E-state index in [9.17, 15) is 4.79 Å². The minimum Gasteiger partial charge on any atom is -0.494 e. The van der Waals surface area contributed by atoms with Gasteiger partial charge >= 0.3 is 0 Å². The molecule has 2 aromatic carbocycles. The minimum absolute atomic E-state index is 0.201.